The second-order valence-electron chi connectivity index (χ2n) is 4.93. The van der Waals surface area contributed by atoms with Crippen molar-refractivity contribution >= 4 is 17.5 Å². The molecule has 0 radical (unpaired) electrons. The van der Waals surface area contributed by atoms with E-state index in [0.717, 1.165) is 18.4 Å². The van der Waals surface area contributed by atoms with Gasteiger partial charge in [0.2, 0.25) is 5.91 Å². The van der Waals surface area contributed by atoms with Crippen LogP contribution >= 0.6 is 0 Å². The first-order valence-electron chi connectivity index (χ1n) is 6.47. The molecule has 5 nitrogen and oxygen atoms in total. The summed E-state index contributed by atoms with van der Waals surface area (Å²) in [5.74, 6) is -0.595. The van der Waals surface area contributed by atoms with Gasteiger partial charge in [0.25, 0.3) is 5.91 Å². The Morgan fingerprint density at radius 3 is 2.74 bits per heavy atom. The molecule has 1 unspecified atom stereocenters. The molecule has 0 aromatic heterocycles. The number of piperidine rings is 1. The fraction of sp³-hybridized carbons (Fsp3) is 0.429. The number of benzene rings is 1. The third-order valence-corrected chi connectivity index (χ3v) is 3.70. The van der Waals surface area contributed by atoms with Crippen LogP contribution in [0, 0.1) is 6.92 Å². The smallest absolute Gasteiger partial charge is 0.254 e. The molecule has 1 fully saturated rings. The number of primary amides is 1. The zero-order valence-corrected chi connectivity index (χ0v) is 11.1. The van der Waals surface area contributed by atoms with Gasteiger partial charge in [-0.05, 0) is 43.9 Å². The minimum Gasteiger partial charge on any atom is -0.398 e. The number of nitrogens with zero attached hydrogens (tertiary/aromatic N) is 1. The summed E-state index contributed by atoms with van der Waals surface area (Å²) in [6.45, 7) is 2.38. The van der Waals surface area contributed by atoms with E-state index in [2.05, 4.69) is 0 Å². The lowest BCUT2D eigenvalue weighted by Gasteiger charge is -2.34. The van der Waals surface area contributed by atoms with Crippen molar-refractivity contribution in [3.8, 4) is 0 Å². The van der Waals surface area contributed by atoms with Crippen molar-refractivity contribution in [3.05, 3.63) is 29.3 Å². The van der Waals surface area contributed by atoms with E-state index in [1.54, 1.807) is 23.1 Å². The van der Waals surface area contributed by atoms with Crippen LogP contribution in [0.25, 0.3) is 0 Å². The van der Waals surface area contributed by atoms with Gasteiger partial charge in [0, 0.05) is 17.8 Å². The number of anilines is 1. The van der Waals surface area contributed by atoms with E-state index in [4.69, 9.17) is 11.5 Å². The van der Waals surface area contributed by atoms with Gasteiger partial charge in [0.1, 0.15) is 6.04 Å². The lowest BCUT2D eigenvalue weighted by Crippen LogP contribution is -2.50. The molecule has 0 bridgehead atoms. The lowest BCUT2D eigenvalue weighted by molar-refractivity contribution is -0.123. The predicted octanol–water partition coefficient (Wildman–Crippen LogP) is 1.06. The SMILES string of the molecule is Cc1c(N)cccc1C(=O)N1CCCCC1C(N)=O. The average molecular weight is 261 g/mol. The van der Waals surface area contributed by atoms with Crippen LogP contribution < -0.4 is 11.5 Å². The molecule has 102 valence electrons. The Balaban J connectivity index is 2.31. The molecule has 5 heteroatoms. The summed E-state index contributed by atoms with van der Waals surface area (Å²) in [4.78, 5) is 25.6. The fourth-order valence-corrected chi connectivity index (χ4v) is 2.51. The normalized spacial score (nSPS) is 19.2. The zero-order valence-electron chi connectivity index (χ0n) is 11.1. The van der Waals surface area contributed by atoms with E-state index in [1.165, 1.54) is 0 Å². The molecule has 1 saturated heterocycles. The summed E-state index contributed by atoms with van der Waals surface area (Å²) in [5, 5.41) is 0. The molecule has 1 aromatic carbocycles. The van der Waals surface area contributed by atoms with Crippen LogP contribution in [0.5, 0.6) is 0 Å². The second-order valence-corrected chi connectivity index (χ2v) is 4.93. The van der Waals surface area contributed by atoms with Crippen LogP contribution in [-0.4, -0.2) is 29.3 Å². The first-order chi connectivity index (χ1) is 9.02. The third-order valence-electron chi connectivity index (χ3n) is 3.70. The second kappa shape index (κ2) is 5.30. The van der Waals surface area contributed by atoms with Crippen molar-refractivity contribution in [3.63, 3.8) is 0 Å². The molecule has 0 spiro atoms. The van der Waals surface area contributed by atoms with E-state index in [-0.39, 0.29) is 5.91 Å². The van der Waals surface area contributed by atoms with Crippen LogP contribution in [0.3, 0.4) is 0 Å². The van der Waals surface area contributed by atoms with Gasteiger partial charge in [-0.25, -0.2) is 0 Å². The number of nitrogens with two attached hydrogens (primary N) is 2. The van der Waals surface area contributed by atoms with Gasteiger partial charge < -0.3 is 16.4 Å². The van der Waals surface area contributed by atoms with E-state index in [0.29, 0.717) is 24.2 Å². The van der Waals surface area contributed by atoms with Crippen molar-refractivity contribution in [1.29, 1.82) is 0 Å². The van der Waals surface area contributed by atoms with Crippen LogP contribution in [0.1, 0.15) is 35.2 Å². The molecular weight excluding hydrogens is 242 g/mol. The van der Waals surface area contributed by atoms with Crippen LogP contribution in [0.2, 0.25) is 0 Å². The van der Waals surface area contributed by atoms with Gasteiger partial charge in [-0.2, -0.15) is 0 Å². The molecule has 0 aliphatic carbocycles. The molecule has 1 atom stereocenters. The topological polar surface area (TPSA) is 89.4 Å². The first-order valence-corrected chi connectivity index (χ1v) is 6.47. The Morgan fingerprint density at radius 1 is 1.32 bits per heavy atom. The molecule has 1 aliphatic rings. The molecule has 1 aliphatic heterocycles. The minimum absolute atomic E-state index is 0.159. The molecule has 2 rings (SSSR count). The van der Waals surface area contributed by atoms with Crippen LogP contribution in [-0.2, 0) is 4.79 Å². The molecule has 1 aromatic rings. The highest BCUT2D eigenvalue weighted by Crippen LogP contribution is 2.23. The monoisotopic (exact) mass is 261 g/mol. The first kappa shape index (κ1) is 13.4. The molecule has 4 N–H and O–H groups in total. The van der Waals surface area contributed by atoms with Crippen LogP contribution in [0.15, 0.2) is 18.2 Å². The Bertz CT molecular complexity index is 513. The summed E-state index contributed by atoms with van der Waals surface area (Å²) < 4.78 is 0. The summed E-state index contributed by atoms with van der Waals surface area (Å²) in [5.41, 5.74) is 13.1. The van der Waals surface area contributed by atoms with Crippen molar-refractivity contribution in [2.45, 2.75) is 32.2 Å². The maximum Gasteiger partial charge on any atom is 0.254 e. The summed E-state index contributed by atoms with van der Waals surface area (Å²) >= 11 is 0. The number of amides is 2. The predicted molar refractivity (Wildman–Crippen MR) is 73.5 cm³/mol. The highest BCUT2D eigenvalue weighted by atomic mass is 16.2. The zero-order chi connectivity index (χ0) is 14.0. The van der Waals surface area contributed by atoms with Gasteiger partial charge in [-0.1, -0.05) is 6.07 Å². The Labute approximate surface area is 112 Å². The third kappa shape index (κ3) is 2.54. The van der Waals surface area contributed by atoms with Crippen molar-refractivity contribution in [2.24, 2.45) is 5.73 Å². The Kier molecular flexibility index (Phi) is 3.74. The van der Waals surface area contributed by atoms with Gasteiger partial charge in [0.05, 0.1) is 0 Å². The maximum atomic E-state index is 12.6. The fourth-order valence-electron chi connectivity index (χ4n) is 2.51. The molecule has 19 heavy (non-hydrogen) atoms. The van der Waals surface area contributed by atoms with Gasteiger partial charge >= 0.3 is 0 Å². The Hall–Kier alpha value is -2.04. The van der Waals surface area contributed by atoms with Gasteiger partial charge in [-0.15, -0.1) is 0 Å². The number of hydrogen-bond acceptors (Lipinski definition) is 3. The van der Waals surface area contributed by atoms with Gasteiger partial charge in [0.15, 0.2) is 0 Å². The largest absolute Gasteiger partial charge is 0.398 e. The Morgan fingerprint density at radius 2 is 2.05 bits per heavy atom. The van der Waals surface area contributed by atoms with E-state index in [1.807, 2.05) is 6.92 Å². The van der Waals surface area contributed by atoms with Gasteiger partial charge in [-0.3, -0.25) is 9.59 Å². The average Bonchev–Trinajstić information content (AvgIpc) is 2.41. The highest BCUT2D eigenvalue weighted by molar-refractivity contribution is 5.99. The van der Waals surface area contributed by atoms with Crippen molar-refractivity contribution in [1.82, 2.24) is 4.90 Å². The summed E-state index contributed by atoms with van der Waals surface area (Å²) in [6, 6.07) is 4.75. The standard InChI is InChI=1S/C14H19N3O2/c1-9-10(5-4-6-11(9)15)14(19)17-8-3-2-7-12(17)13(16)18/h4-6,12H,2-3,7-8,15H2,1H3,(H2,16,18). The number of likely N-dealkylation sites (tertiary alicyclic amines) is 1. The summed E-state index contributed by atoms with van der Waals surface area (Å²) in [6.07, 6.45) is 2.46. The molecule has 1 heterocycles. The quantitative estimate of drug-likeness (QED) is 0.780. The molecule has 0 saturated carbocycles. The number of hydrogen-bond donors (Lipinski definition) is 2. The maximum absolute atomic E-state index is 12.6. The van der Waals surface area contributed by atoms with Crippen molar-refractivity contribution in [2.75, 3.05) is 12.3 Å². The van der Waals surface area contributed by atoms with E-state index >= 15 is 0 Å². The lowest BCUT2D eigenvalue weighted by atomic mass is 9.98. The van der Waals surface area contributed by atoms with Crippen LogP contribution in [0.4, 0.5) is 5.69 Å². The van der Waals surface area contributed by atoms with Crippen molar-refractivity contribution < 1.29 is 9.59 Å². The van der Waals surface area contributed by atoms with E-state index < -0.39 is 11.9 Å². The number of carbonyl (C=O) groups is 2. The minimum atomic E-state index is -0.498. The van der Waals surface area contributed by atoms with E-state index in [9.17, 15) is 9.59 Å². The summed E-state index contributed by atoms with van der Waals surface area (Å²) in [7, 11) is 0. The highest BCUT2D eigenvalue weighted by Gasteiger charge is 2.31. The number of nitrogen functional groups attached to an aromatic ring is 1. The molecule has 2 amide bonds. The number of carbonyl (C=O) groups excluding carboxylic acids is 2. The molecular formula is C14H19N3O2. The number of rotatable bonds is 2.